The maximum absolute atomic E-state index is 2.42. The van der Waals surface area contributed by atoms with Gasteiger partial charge in [0.2, 0.25) is 0 Å². The molecule has 0 N–H and O–H groups in total. The van der Waals surface area contributed by atoms with Crippen LogP contribution in [0, 0.1) is 0 Å². The van der Waals surface area contributed by atoms with Crippen LogP contribution in [0.2, 0.25) is 0 Å². The van der Waals surface area contributed by atoms with Crippen molar-refractivity contribution in [2.45, 2.75) is 0 Å². The second-order valence-corrected chi connectivity index (χ2v) is 16.5. The number of hydrogen-bond donors (Lipinski definition) is 0. The fourth-order valence-corrected chi connectivity index (χ4v) is 10.2. The summed E-state index contributed by atoms with van der Waals surface area (Å²) in [6.07, 6.45) is 0. The molecule has 13 aromatic rings. The summed E-state index contributed by atoms with van der Waals surface area (Å²) < 4.78 is 4.82. The first-order valence-electron chi connectivity index (χ1n) is 21.4. The number of nitrogens with zero attached hydrogens (tertiary/aromatic N) is 2. The van der Waals surface area contributed by atoms with E-state index in [1.807, 2.05) is 0 Å². The van der Waals surface area contributed by atoms with E-state index in [2.05, 4.69) is 240 Å². The molecule has 0 aliphatic carbocycles. The molecule has 0 saturated heterocycles. The maximum Gasteiger partial charge on any atom is 0.0541 e. The molecule has 0 unspecified atom stereocenters. The van der Waals surface area contributed by atoms with Crippen molar-refractivity contribution in [3.63, 3.8) is 0 Å². The Hall–Kier alpha value is -8.20. The zero-order valence-electron chi connectivity index (χ0n) is 33.8. The van der Waals surface area contributed by atoms with Crippen LogP contribution in [-0.2, 0) is 0 Å². The summed E-state index contributed by atoms with van der Waals surface area (Å²) in [6.45, 7) is 0. The van der Waals surface area contributed by atoms with E-state index in [1.165, 1.54) is 109 Å². The number of aromatic nitrogens is 2. The van der Waals surface area contributed by atoms with Crippen molar-refractivity contribution in [2.75, 3.05) is 0 Å². The largest absolute Gasteiger partial charge is 0.309 e. The first-order valence-corrected chi connectivity index (χ1v) is 21.4. The van der Waals surface area contributed by atoms with Crippen molar-refractivity contribution in [3.8, 4) is 44.8 Å². The first kappa shape index (κ1) is 34.6. The lowest BCUT2D eigenvalue weighted by Gasteiger charge is -2.13. The lowest BCUT2D eigenvalue weighted by atomic mass is 9.92. The summed E-state index contributed by atoms with van der Waals surface area (Å²) in [5, 5.41) is 12.8. The van der Waals surface area contributed by atoms with Crippen LogP contribution in [-0.4, -0.2) is 9.13 Å². The Bertz CT molecular complexity index is 3870. The van der Waals surface area contributed by atoms with Gasteiger partial charge in [-0.1, -0.05) is 164 Å². The predicted octanol–water partition coefficient (Wildman–Crippen LogP) is 16.3. The van der Waals surface area contributed by atoms with Crippen molar-refractivity contribution in [3.05, 3.63) is 231 Å². The number of fused-ring (bicyclic) bond motifs is 12. The molecule has 288 valence electrons. The third-order valence-electron chi connectivity index (χ3n) is 13.1. The van der Waals surface area contributed by atoms with Crippen molar-refractivity contribution in [2.24, 2.45) is 0 Å². The molecule has 0 bridgehead atoms. The molecule has 2 heteroatoms. The lowest BCUT2D eigenvalue weighted by Crippen LogP contribution is -1.94. The molecule has 0 amide bonds. The van der Waals surface area contributed by atoms with E-state index < -0.39 is 0 Å². The standard InChI is InChI=1S/C60H38N2/c1-2-13-39(14-3-1)41-15-12-16-46(35-41)62-58-24-11-9-22-53(58)56-38-44(29-34-60(56)62)43-28-33-59-55(37-43)52-21-8-10-23-57(52)61(59)45-30-25-40(26-31-45)42-27-32-51-49-19-5-4-17-47(49)48-18-6-7-20-50(48)54(51)36-42/h1-38H. The van der Waals surface area contributed by atoms with Gasteiger partial charge in [-0.25, -0.2) is 0 Å². The van der Waals surface area contributed by atoms with Gasteiger partial charge in [-0.15, -0.1) is 0 Å². The number of para-hydroxylation sites is 2. The Labute approximate surface area is 358 Å². The van der Waals surface area contributed by atoms with Crippen LogP contribution in [0.3, 0.4) is 0 Å². The third-order valence-corrected chi connectivity index (χ3v) is 13.1. The molecule has 11 aromatic carbocycles. The van der Waals surface area contributed by atoms with Crippen LogP contribution in [0.1, 0.15) is 0 Å². The molecule has 0 spiro atoms. The average molecular weight is 787 g/mol. The molecule has 0 saturated carbocycles. The van der Waals surface area contributed by atoms with Gasteiger partial charge in [0.25, 0.3) is 0 Å². The lowest BCUT2D eigenvalue weighted by molar-refractivity contribution is 1.18. The topological polar surface area (TPSA) is 9.86 Å². The highest BCUT2D eigenvalue weighted by Gasteiger charge is 2.17. The fraction of sp³-hybridized carbons (Fsp3) is 0. The highest BCUT2D eigenvalue weighted by Crippen LogP contribution is 2.40. The van der Waals surface area contributed by atoms with Gasteiger partial charge in [0.05, 0.1) is 22.1 Å². The molecular formula is C60H38N2. The summed E-state index contributed by atoms with van der Waals surface area (Å²) >= 11 is 0. The predicted molar refractivity (Wildman–Crippen MR) is 264 cm³/mol. The summed E-state index contributed by atoms with van der Waals surface area (Å²) in [7, 11) is 0. The molecule has 2 heterocycles. The van der Waals surface area contributed by atoms with Gasteiger partial charge >= 0.3 is 0 Å². The minimum Gasteiger partial charge on any atom is -0.309 e. The Morgan fingerprint density at radius 1 is 0.177 bits per heavy atom. The molecule has 13 rings (SSSR count). The van der Waals surface area contributed by atoms with Crippen molar-refractivity contribution in [1.82, 2.24) is 9.13 Å². The van der Waals surface area contributed by atoms with E-state index in [0.717, 1.165) is 11.4 Å². The summed E-state index contributed by atoms with van der Waals surface area (Å²) in [6, 6.07) is 84.7. The minimum absolute atomic E-state index is 1.15. The smallest absolute Gasteiger partial charge is 0.0541 e. The molecule has 0 radical (unpaired) electrons. The van der Waals surface area contributed by atoms with Gasteiger partial charge in [-0.3, -0.25) is 0 Å². The number of rotatable bonds is 5. The van der Waals surface area contributed by atoms with E-state index in [1.54, 1.807) is 0 Å². The molecule has 2 nitrogen and oxygen atoms in total. The Balaban J connectivity index is 0.898. The molecule has 0 atom stereocenters. The molecular weight excluding hydrogens is 749 g/mol. The number of hydrogen-bond acceptors (Lipinski definition) is 0. The van der Waals surface area contributed by atoms with Crippen LogP contribution in [0.5, 0.6) is 0 Å². The Morgan fingerprint density at radius 3 is 1.15 bits per heavy atom. The van der Waals surface area contributed by atoms with Crippen LogP contribution in [0.15, 0.2) is 231 Å². The molecule has 0 aliphatic rings. The highest BCUT2D eigenvalue weighted by atomic mass is 15.0. The van der Waals surface area contributed by atoms with Crippen molar-refractivity contribution < 1.29 is 0 Å². The molecule has 0 aliphatic heterocycles. The average Bonchev–Trinajstić information content (AvgIpc) is 3.86. The Kier molecular flexibility index (Phi) is 7.64. The monoisotopic (exact) mass is 786 g/mol. The van der Waals surface area contributed by atoms with E-state index in [0.29, 0.717) is 0 Å². The van der Waals surface area contributed by atoms with Gasteiger partial charge in [-0.05, 0) is 132 Å². The van der Waals surface area contributed by atoms with Crippen LogP contribution < -0.4 is 0 Å². The van der Waals surface area contributed by atoms with Gasteiger partial charge in [0.1, 0.15) is 0 Å². The second-order valence-electron chi connectivity index (χ2n) is 16.5. The van der Waals surface area contributed by atoms with Gasteiger partial charge < -0.3 is 9.13 Å². The van der Waals surface area contributed by atoms with E-state index in [4.69, 9.17) is 0 Å². The minimum atomic E-state index is 1.15. The molecule has 62 heavy (non-hydrogen) atoms. The van der Waals surface area contributed by atoms with E-state index in [9.17, 15) is 0 Å². The van der Waals surface area contributed by atoms with Crippen LogP contribution in [0.25, 0.3) is 121 Å². The van der Waals surface area contributed by atoms with Crippen LogP contribution in [0.4, 0.5) is 0 Å². The van der Waals surface area contributed by atoms with Gasteiger partial charge in [0.15, 0.2) is 0 Å². The summed E-state index contributed by atoms with van der Waals surface area (Å²) in [5.41, 5.74) is 14.4. The van der Waals surface area contributed by atoms with Crippen molar-refractivity contribution in [1.29, 1.82) is 0 Å². The van der Waals surface area contributed by atoms with E-state index in [-0.39, 0.29) is 0 Å². The maximum atomic E-state index is 2.42. The Morgan fingerprint density at radius 2 is 0.548 bits per heavy atom. The number of benzene rings is 11. The quantitative estimate of drug-likeness (QED) is 0.154. The summed E-state index contributed by atoms with van der Waals surface area (Å²) in [5.74, 6) is 0. The summed E-state index contributed by atoms with van der Waals surface area (Å²) in [4.78, 5) is 0. The first-order chi connectivity index (χ1) is 30.7. The third kappa shape index (κ3) is 5.30. The SMILES string of the molecule is c1ccc(-c2cccc(-n3c4ccccc4c4cc(-c5ccc6c(c5)c5ccccc5n6-c5ccc(-c6ccc7c8ccccc8c8ccccc8c7c6)cc5)ccc43)c2)cc1. The normalized spacial score (nSPS) is 11.9. The van der Waals surface area contributed by atoms with Crippen LogP contribution >= 0.6 is 0 Å². The van der Waals surface area contributed by atoms with Gasteiger partial charge in [0, 0.05) is 32.9 Å². The molecule has 0 fully saturated rings. The van der Waals surface area contributed by atoms with E-state index >= 15 is 0 Å². The second kappa shape index (κ2) is 13.7. The zero-order valence-corrected chi connectivity index (χ0v) is 33.8. The fourth-order valence-electron chi connectivity index (χ4n) is 10.2. The van der Waals surface area contributed by atoms with Crippen molar-refractivity contribution >= 4 is 75.9 Å². The zero-order chi connectivity index (χ0) is 40.7. The van der Waals surface area contributed by atoms with Gasteiger partial charge in [-0.2, -0.15) is 0 Å². The molecule has 2 aromatic heterocycles. The highest BCUT2D eigenvalue weighted by molar-refractivity contribution is 6.25.